The van der Waals surface area contributed by atoms with E-state index in [1.807, 2.05) is 0 Å². The molecule has 2 aromatic rings. The molecule has 4 nitrogen and oxygen atoms in total. The van der Waals surface area contributed by atoms with Gasteiger partial charge in [-0.05, 0) is 63.1 Å². The third-order valence-corrected chi connectivity index (χ3v) is 6.77. The summed E-state index contributed by atoms with van der Waals surface area (Å²) in [5.41, 5.74) is -2.76. The van der Waals surface area contributed by atoms with Crippen molar-refractivity contribution >= 4 is 27.3 Å². The molecule has 0 unspecified atom stereocenters. The third kappa shape index (κ3) is 4.14. The van der Waals surface area contributed by atoms with Crippen LogP contribution in [0.3, 0.4) is 0 Å². The molecule has 1 atom stereocenters. The minimum atomic E-state index is -4.86. The molecule has 0 aliphatic heterocycles. The summed E-state index contributed by atoms with van der Waals surface area (Å²) in [6.07, 6.45) is -4.86. The molecule has 0 aromatic heterocycles. The monoisotopic (exact) mass is 435 g/mol. The molecule has 0 fully saturated rings. The Labute approximate surface area is 167 Å². The molecule has 28 heavy (non-hydrogen) atoms. The largest absolute Gasteiger partial charge is 0.421 e. The molecule has 0 bridgehead atoms. The van der Waals surface area contributed by atoms with Gasteiger partial charge in [-0.15, -0.1) is 0 Å². The van der Waals surface area contributed by atoms with Crippen molar-refractivity contribution in [1.82, 2.24) is 0 Å². The number of aliphatic hydroxyl groups is 1. The van der Waals surface area contributed by atoms with Gasteiger partial charge in [0.25, 0.3) is 10.0 Å². The molecule has 0 aliphatic rings. The summed E-state index contributed by atoms with van der Waals surface area (Å²) in [6.45, 7) is 5.58. The Morgan fingerprint density at radius 3 is 2.07 bits per heavy atom. The lowest BCUT2D eigenvalue weighted by atomic mass is 9.95. The van der Waals surface area contributed by atoms with Gasteiger partial charge in [0.1, 0.15) is 0 Å². The second kappa shape index (κ2) is 7.57. The van der Waals surface area contributed by atoms with E-state index in [4.69, 9.17) is 11.6 Å². The second-order valence-corrected chi connectivity index (χ2v) is 9.14. The molecular weight excluding hydrogens is 415 g/mol. The maximum absolute atomic E-state index is 13.2. The molecule has 0 spiro atoms. The number of hydrogen-bond acceptors (Lipinski definition) is 3. The van der Waals surface area contributed by atoms with Gasteiger partial charge in [-0.1, -0.05) is 29.8 Å². The molecule has 0 aliphatic carbocycles. The first-order chi connectivity index (χ1) is 12.7. The molecule has 2 aromatic carbocycles. The van der Waals surface area contributed by atoms with E-state index < -0.39 is 27.8 Å². The van der Waals surface area contributed by atoms with Crippen molar-refractivity contribution in [3.8, 4) is 0 Å². The van der Waals surface area contributed by atoms with Crippen molar-refractivity contribution in [1.29, 1.82) is 0 Å². The summed E-state index contributed by atoms with van der Waals surface area (Å²) in [4.78, 5) is 0.0139. The van der Waals surface area contributed by atoms with E-state index in [9.17, 15) is 26.7 Å². The second-order valence-electron chi connectivity index (χ2n) is 6.92. The van der Waals surface area contributed by atoms with Crippen LogP contribution in [0.2, 0.25) is 5.02 Å². The van der Waals surface area contributed by atoms with Crippen LogP contribution in [0, 0.1) is 6.92 Å². The number of halogens is 4. The van der Waals surface area contributed by atoms with Crippen molar-refractivity contribution in [2.75, 3.05) is 4.31 Å². The summed E-state index contributed by atoms with van der Waals surface area (Å²) in [5.74, 6) is 0. The maximum Gasteiger partial charge on any atom is 0.421 e. The molecule has 9 heteroatoms. The highest BCUT2D eigenvalue weighted by molar-refractivity contribution is 7.93. The molecule has 154 valence electrons. The number of sulfonamides is 1. The Hall–Kier alpha value is -1.77. The molecule has 0 saturated carbocycles. The lowest BCUT2D eigenvalue weighted by molar-refractivity contribution is -0.258. The number of nitrogens with zero attached hydrogens (tertiary/aromatic N) is 1. The Balaban J connectivity index is 2.55. The number of benzene rings is 2. The number of alkyl halides is 3. The first-order valence-corrected chi connectivity index (χ1v) is 10.2. The Morgan fingerprint density at radius 2 is 1.61 bits per heavy atom. The highest BCUT2D eigenvalue weighted by Gasteiger charge is 2.51. The van der Waals surface area contributed by atoms with Gasteiger partial charge in [-0.2, -0.15) is 13.2 Å². The van der Waals surface area contributed by atoms with E-state index in [0.717, 1.165) is 16.4 Å². The minimum absolute atomic E-state index is 0.0139. The number of rotatable bonds is 5. The Bertz CT molecular complexity index is 955. The van der Waals surface area contributed by atoms with Gasteiger partial charge in [-0.25, -0.2) is 8.42 Å². The molecule has 0 amide bonds. The standard InChI is InChI=1S/C19H21ClF3NO3S/c1-12(2)24(28(26,27)17-11-15(20)8-5-13(17)3)16-9-6-14(7-10-16)18(4,25)19(21,22)23/h5-12,25H,1-4H3/t18-/m0/s1. The summed E-state index contributed by atoms with van der Waals surface area (Å²) < 4.78 is 66.7. The van der Waals surface area contributed by atoms with Crippen LogP contribution in [-0.2, 0) is 15.6 Å². The van der Waals surface area contributed by atoms with E-state index in [1.165, 1.54) is 18.2 Å². The SMILES string of the molecule is Cc1ccc(Cl)cc1S(=O)(=O)N(c1ccc([C@](C)(O)C(F)(F)F)cc1)C(C)C. The zero-order chi connectivity index (χ0) is 21.5. The highest BCUT2D eigenvalue weighted by atomic mass is 35.5. The zero-order valence-electron chi connectivity index (χ0n) is 15.7. The number of aryl methyl sites for hydroxylation is 1. The van der Waals surface area contributed by atoms with E-state index in [-0.39, 0.29) is 21.2 Å². The minimum Gasteiger partial charge on any atom is -0.376 e. The van der Waals surface area contributed by atoms with Crippen molar-refractivity contribution in [2.24, 2.45) is 0 Å². The zero-order valence-corrected chi connectivity index (χ0v) is 17.3. The summed E-state index contributed by atoms with van der Waals surface area (Å²) in [6, 6.07) is 8.60. The van der Waals surface area contributed by atoms with Gasteiger partial charge in [0.2, 0.25) is 0 Å². The quantitative estimate of drug-likeness (QED) is 0.717. The molecule has 0 heterocycles. The smallest absolute Gasteiger partial charge is 0.376 e. The van der Waals surface area contributed by atoms with E-state index >= 15 is 0 Å². The molecule has 1 N–H and O–H groups in total. The fourth-order valence-corrected chi connectivity index (χ4v) is 4.92. The topological polar surface area (TPSA) is 57.6 Å². The first-order valence-electron chi connectivity index (χ1n) is 8.40. The van der Waals surface area contributed by atoms with Crippen LogP contribution in [0.25, 0.3) is 0 Å². The Kier molecular flexibility index (Phi) is 6.09. The van der Waals surface area contributed by atoms with Gasteiger partial charge < -0.3 is 5.11 Å². The number of anilines is 1. The van der Waals surface area contributed by atoms with Crippen LogP contribution in [0.5, 0.6) is 0 Å². The van der Waals surface area contributed by atoms with Crippen LogP contribution in [0.15, 0.2) is 47.4 Å². The highest BCUT2D eigenvalue weighted by Crippen LogP contribution is 2.39. The Morgan fingerprint density at radius 1 is 1.07 bits per heavy atom. The number of hydrogen-bond donors (Lipinski definition) is 1. The van der Waals surface area contributed by atoms with Crippen LogP contribution >= 0.6 is 11.6 Å². The van der Waals surface area contributed by atoms with E-state index in [2.05, 4.69) is 0 Å². The van der Waals surface area contributed by atoms with Crippen LogP contribution in [0.4, 0.5) is 18.9 Å². The van der Waals surface area contributed by atoms with Crippen molar-refractivity contribution < 1.29 is 26.7 Å². The lowest BCUT2D eigenvalue weighted by Gasteiger charge is -2.30. The van der Waals surface area contributed by atoms with E-state index in [0.29, 0.717) is 12.5 Å². The molecule has 2 rings (SSSR count). The summed E-state index contributed by atoms with van der Waals surface area (Å²) in [5, 5.41) is 10.0. The van der Waals surface area contributed by atoms with Gasteiger partial charge in [0.05, 0.1) is 10.6 Å². The fraction of sp³-hybridized carbons (Fsp3) is 0.368. The third-order valence-electron chi connectivity index (χ3n) is 4.39. The average molecular weight is 436 g/mol. The predicted octanol–water partition coefficient (Wildman–Crippen LogP) is 5.02. The molecule has 0 radical (unpaired) electrons. The predicted molar refractivity (Wildman–Crippen MR) is 103 cm³/mol. The average Bonchev–Trinajstić information content (AvgIpc) is 2.56. The summed E-state index contributed by atoms with van der Waals surface area (Å²) >= 11 is 5.95. The van der Waals surface area contributed by atoms with Crippen LogP contribution < -0.4 is 4.31 Å². The van der Waals surface area contributed by atoms with Crippen LogP contribution in [0.1, 0.15) is 31.9 Å². The van der Waals surface area contributed by atoms with Gasteiger partial charge in [0.15, 0.2) is 5.60 Å². The van der Waals surface area contributed by atoms with Crippen molar-refractivity contribution in [2.45, 2.75) is 50.4 Å². The molecule has 0 saturated heterocycles. The van der Waals surface area contributed by atoms with E-state index in [1.54, 1.807) is 32.9 Å². The first kappa shape index (κ1) is 22.5. The van der Waals surface area contributed by atoms with Gasteiger partial charge in [-0.3, -0.25) is 4.31 Å². The lowest BCUT2D eigenvalue weighted by Crippen LogP contribution is -2.39. The van der Waals surface area contributed by atoms with Crippen molar-refractivity contribution in [3.05, 3.63) is 58.6 Å². The van der Waals surface area contributed by atoms with Crippen LogP contribution in [-0.4, -0.2) is 25.7 Å². The normalized spacial score (nSPS) is 14.8. The molecular formula is C19H21ClF3NO3S. The van der Waals surface area contributed by atoms with Crippen molar-refractivity contribution in [3.63, 3.8) is 0 Å². The fourth-order valence-electron chi connectivity index (χ4n) is 2.77. The van der Waals surface area contributed by atoms with Gasteiger partial charge >= 0.3 is 6.18 Å². The van der Waals surface area contributed by atoms with Gasteiger partial charge in [0, 0.05) is 11.1 Å². The summed E-state index contributed by atoms with van der Waals surface area (Å²) in [7, 11) is -4.02. The maximum atomic E-state index is 13.2.